The number of piperidine rings is 1. The molecule has 4 rings (SSSR count). The molecular weight excluding hydrogens is 470 g/mol. The van der Waals surface area contributed by atoms with Gasteiger partial charge in [0.1, 0.15) is 11.5 Å². The lowest BCUT2D eigenvalue weighted by Crippen LogP contribution is -2.30. The largest absolute Gasteiger partial charge is 0.420 e. The van der Waals surface area contributed by atoms with Gasteiger partial charge in [-0.15, -0.1) is 0 Å². The van der Waals surface area contributed by atoms with Crippen molar-refractivity contribution in [1.29, 1.82) is 0 Å². The van der Waals surface area contributed by atoms with Crippen LogP contribution in [0, 0.1) is 13.8 Å². The SMILES string of the molecule is CCCS(=O)(=O)Nc1cc(-c2ccc(=O)n(C)c2)nc(Oc2c(C)nn(C3CCNCC3)c2C)n1. The minimum absolute atomic E-state index is 0.0124. The van der Waals surface area contributed by atoms with Crippen molar-refractivity contribution in [3.8, 4) is 23.0 Å². The minimum atomic E-state index is -3.59. The summed E-state index contributed by atoms with van der Waals surface area (Å²) in [5, 5.41) is 8.06. The molecule has 11 nitrogen and oxygen atoms in total. The first kappa shape index (κ1) is 24.9. The molecule has 3 aromatic heterocycles. The van der Waals surface area contributed by atoms with Crippen LogP contribution in [0.2, 0.25) is 0 Å². The summed E-state index contributed by atoms with van der Waals surface area (Å²) in [4.78, 5) is 20.7. The zero-order chi connectivity index (χ0) is 25.2. The summed E-state index contributed by atoms with van der Waals surface area (Å²) in [7, 11) is -1.95. The number of anilines is 1. The van der Waals surface area contributed by atoms with Crippen molar-refractivity contribution in [3.63, 3.8) is 0 Å². The Kier molecular flexibility index (Phi) is 7.22. The van der Waals surface area contributed by atoms with Crippen LogP contribution in [0.4, 0.5) is 5.82 Å². The standard InChI is InChI=1S/C23H31N7O4S/c1-5-12-35(32,33)28-20-13-19(17-6-7-21(31)29(4)14-17)25-23(26-20)34-22-15(2)27-30(16(22)3)18-8-10-24-11-9-18/h6-7,13-14,18,24H,5,8-12H2,1-4H3,(H,25,26,28). The molecule has 12 heteroatoms. The predicted molar refractivity (Wildman–Crippen MR) is 133 cm³/mol. The van der Waals surface area contributed by atoms with Crippen LogP contribution in [0.1, 0.15) is 43.6 Å². The van der Waals surface area contributed by atoms with Gasteiger partial charge in [0, 0.05) is 30.9 Å². The third-order valence-corrected chi connectivity index (χ3v) is 7.39. The second kappa shape index (κ2) is 10.2. The summed E-state index contributed by atoms with van der Waals surface area (Å²) in [6.45, 7) is 7.46. The number of ether oxygens (including phenoxy) is 1. The molecule has 0 saturated carbocycles. The molecule has 2 N–H and O–H groups in total. The Morgan fingerprint density at radius 1 is 1.20 bits per heavy atom. The maximum Gasteiger partial charge on any atom is 0.324 e. The molecule has 4 heterocycles. The summed E-state index contributed by atoms with van der Waals surface area (Å²) in [6.07, 6.45) is 4.04. The Hall–Kier alpha value is -3.25. The first-order valence-corrected chi connectivity index (χ1v) is 13.3. The van der Waals surface area contributed by atoms with Gasteiger partial charge in [-0.1, -0.05) is 6.92 Å². The maximum absolute atomic E-state index is 12.4. The fraction of sp³-hybridized carbons (Fsp3) is 0.478. The number of hydrogen-bond acceptors (Lipinski definition) is 8. The molecule has 0 amide bonds. The molecule has 1 aliphatic heterocycles. The van der Waals surface area contributed by atoms with Crippen molar-refractivity contribution in [2.45, 2.75) is 46.1 Å². The molecule has 1 saturated heterocycles. The quantitative estimate of drug-likeness (QED) is 0.481. The van der Waals surface area contributed by atoms with E-state index < -0.39 is 10.0 Å². The van der Waals surface area contributed by atoms with E-state index in [1.54, 1.807) is 26.2 Å². The van der Waals surface area contributed by atoms with Crippen molar-refractivity contribution in [2.75, 3.05) is 23.6 Å². The van der Waals surface area contributed by atoms with E-state index in [2.05, 4.69) is 20.0 Å². The highest BCUT2D eigenvalue weighted by Crippen LogP contribution is 2.32. The molecule has 188 valence electrons. The summed E-state index contributed by atoms with van der Waals surface area (Å²) in [6, 6.07) is 4.85. The summed E-state index contributed by atoms with van der Waals surface area (Å²) in [5.74, 6) is 0.598. The average molecular weight is 502 g/mol. The summed E-state index contributed by atoms with van der Waals surface area (Å²) in [5.41, 5.74) is 2.43. The van der Waals surface area contributed by atoms with E-state index in [1.165, 1.54) is 16.7 Å². The van der Waals surface area contributed by atoms with E-state index in [1.807, 2.05) is 18.5 Å². The number of sulfonamides is 1. The molecule has 0 unspecified atom stereocenters. The average Bonchev–Trinajstić information content (AvgIpc) is 3.09. The Morgan fingerprint density at radius 3 is 2.63 bits per heavy atom. The van der Waals surface area contributed by atoms with Gasteiger partial charge in [-0.05, 0) is 52.3 Å². The lowest BCUT2D eigenvalue weighted by atomic mass is 10.1. The van der Waals surface area contributed by atoms with Gasteiger partial charge in [-0.2, -0.15) is 15.1 Å². The molecule has 3 aromatic rings. The van der Waals surface area contributed by atoms with Gasteiger partial charge in [-0.3, -0.25) is 14.2 Å². The normalized spacial score (nSPS) is 14.7. The van der Waals surface area contributed by atoms with Crippen LogP contribution in [0.5, 0.6) is 11.8 Å². The number of aryl methyl sites for hydroxylation is 2. The first-order valence-electron chi connectivity index (χ1n) is 11.7. The van der Waals surface area contributed by atoms with Gasteiger partial charge in [-0.25, -0.2) is 8.42 Å². The Labute approximate surface area is 204 Å². The summed E-state index contributed by atoms with van der Waals surface area (Å²) >= 11 is 0. The molecule has 1 fully saturated rings. The molecule has 1 aliphatic rings. The zero-order valence-corrected chi connectivity index (χ0v) is 21.2. The predicted octanol–water partition coefficient (Wildman–Crippen LogP) is 2.52. The van der Waals surface area contributed by atoms with Crippen LogP contribution in [0.3, 0.4) is 0 Å². The Bertz CT molecular complexity index is 1370. The van der Waals surface area contributed by atoms with Crippen LogP contribution in [0.25, 0.3) is 11.3 Å². The minimum Gasteiger partial charge on any atom is -0.420 e. The number of nitrogens with one attached hydrogen (secondary N) is 2. The zero-order valence-electron chi connectivity index (χ0n) is 20.4. The van der Waals surface area contributed by atoms with Crippen molar-refractivity contribution >= 4 is 15.8 Å². The van der Waals surface area contributed by atoms with Gasteiger partial charge in [0.25, 0.3) is 0 Å². The number of nitrogens with zero attached hydrogens (tertiary/aromatic N) is 5. The summed E-state index contributed by atoms with van der Waals surface area (Å²) < 4.78 is 36.9. The molecule has 0 atom stereocenters. The molecule has 0 aromatic carbocycles. The van der Waals surface area contributed by atoms with E-state index in [9.17, 15) is 13.2 Å². The van der Waals surface area contributed by atoms with E-state index >= 15 is 0 Å². The van der Waals surface area contributed by atoms with Gasteiger partial charge in [0.15, 0.2) is 5.75 Å². The van der Waals surface area contributed by atoms with Crippen LogP contribution in [0.15, 0.2) is 29.2 Å². The molecule has 0 spiro atoms. The monoisotopic (exact) mass is 501 g/mol. The lowest BCUT2D eigenvalue weighted by molar-refractivity contribution is 0.335. The van der Waals surface area contributed by atoms with Crippen LogP contribution < -0.4 is 20.3 Å². The Balaban J connectivity index is 1.73. The van der Waals surface area contributed by atoms with Gasteiger partial charge in [0.05, 0.1) is 23.2 Å². The smallest absolute Gasteiger partial charge is 0.324 e. The number of rotatable bonds is 8. The van der Waals surface area contributed by atoms with Gasteiger partial charge in [0.2, 0.25) is 15.6 Å². The second-order valence-corrected chi connectivity index (χ2v) is 10.6. The lowest BCUT2D eigenvalue weighted by Gasteiger charge is -2.24. The van der Waals surface area contributed by atoms with E-state index in [0.29, 0.717) is 29.1 Å². The molecule has 0 aliphatic carbocycles. The Morgan fingerprint density at radius 2 is 1.94 bits per heavy atom. The van der Waals surface area contributed by atoms with Gasteiger partial charge >= 0.3 is 6.01 Å². The second-order valence-electron chi connectivity index (χ2n) is 8.74. The van der Waals surface area contributed by atoms with E-state index in [0.717, 1.165) is 31.6 Å². The number of hydrogen-bond donors (Lipinski definition) is 2. The van der Waals surface area contributed by atoms with Gasteiger partial charge < -0.3 is 14.6 Å². The maximum atomic E-state index is 12.4. The fourth-order valence-corrected chi connectivity index (χ4v) is 5.25. The first-order chi connectivity index (χ1) is 16.7. The van der Waals surface area contributed by atoms with Crippen molar-refractivity contribution in [2.24, 2.45) is 7.05 Å². The third kappa shape index (κ3) is 5.70. The topological polar surface area (TPSA) is 133 Å². The van der Waals surface area contributed by atoms with E-state index in [-0.39, 0.29) is 29.2 Å². The highest BCUT2D eigenvalue weighted by molar-refractivity contribution is 7.92. The fourth-order valence-electron chi connectivity index (χ4n) is 4.19. The van der Waals surface area contributed by atoms with Crippen LogP contribution >= 0.6 is 0 Å². The van der Waals surface area contributed by atoms with Crippen molar-refractivity contribution in [1.82, 2.24) is 29.6 Å². The third-order valence-electron chi connectivity index (χ3n) is 5.93. The van der Waals surface area contributed by atoms with Crippen molar-refractivity contribution in [3.05, 3.63) is 46.1 Å². The molecule has 0 bridgehead atoms. The highest BCUT2D eigenvalue weighted by atomic mass is 32.2. The molecule has 35 heavy (non-hydrogen) atoms. The van der Waals surface area contributed by atoms with Crippen LogP contribution in [-0.4, -0.2) is 51.6 Å². The molecule has 0 radical (unpaired) electrons. The number of pyridine rings is 1. The molecular formula is C23H31N7O4S. The van der Waals surface area contributed by atoms with E-state index in [4.69, 9.17) is 9.84 Å². The number of aromatic nitrogens is 5. The van der Waals surface area contributed by atoms with Crippen molar-refractivity contribution < 1.29 is 13.2 Å². The highest BCUT2D eigenvalue weighted by Gasteiger charge is 2.23. The van der Waals surface area contributed by atoms with Crippen LogP contribution in [-0.2, 0) is 17.1 Å².